The number of pyridine rings is 4. The van der Waals surface area contributed by atoms with Gasteiger partial charge in [-0.2, -0.15) is 5.10 Å². The van der Waals surface area contributed by atoms with Crippen molar-refractivity contribution in [3.05, 3.63) is 193 Å². The van der Waals surface area contributed by atoms with Crippen molar-refractivity contribution in [3.8, 4) is 55.9 Å². The molecular weight excluding hydrogens is 975 g/mol. The summed E-state index contributed by atoms with van der Waals surface area (Å²) < 4.78 is 30.7. The van der Waals surface area contributed by atoms with Gasteiger partial charge in [0.2, 0.25) is 0 Å². The third-order valence-corrected chi connectivity index (χ3v) is 14.0. The number of hydrogen-bond donors (Lipinski definition) is 4. The number of hydrazine groups is 1. The van der Waals surface area contributed by atoms with E-state index in [1.165, 1.54) is 0 Å². The van der Waals surface area contributed by atoms with E-state index in [1.54, 1.807) is 55.2 Å². The smallest absolute Gasteiger partial charge is 0.124 e. The monoisotopic (exact) mass is 1040 g/mol. The van der Waals surface area contributed by atoms with E-state index in [2.05, 4.69) is 118 Å². The Balaban J connectivity index is 0.00000340. The van der Waals surface area contributed by atoms with Crippen LogP contribution in [0, 0.1) is 11.6 Å². The zero-order chi connectivity index (χ0) is 54.5. The van der Waals surface area contributed by atoms with Gasteiger partial charge in [-0.1, -0.05) is 50.8 Å². The lowest BCUT2D eigenvalue weighted by Gasteiger charge is -2.23. The second-order valence-corrected chi connectivity index (χ2v) is 20.0. The lowest BCUT2D eigenvalue weighted by Crippen LogP contribution is -2.27. The van der Waals surface area contributed by atoms with Crippen LogP contribution in [0.5, 0.6) is 0 Å². The van der Waals surface area contributed by atoms with Gasteiger partial charge >= 0.3 is 0 Å². The zero-order valence-corrected chi connectivity index (χ0v) is 45.2. The maximum absolute atomic E-state index is 15.6. The van der Waals surface area contributed by atoms with Gasteiger partial charge in [0.15, 0.2) is 0 Å². The van der Waals surface area contributed by atoms with Gasteiger partial charge in [-0.05, 0) is 153 Å². The minimum atomic E-state index is -0.307. The summed E-state index contributed by atoms with van der Waals surface area (Å²) in [4.78, 5) is 29.3. The molecule has 0 aliphatic rings. The van der Waals surface area contributed by atoms with Crippen molar-refractivity contribution >= 4 is 49.7 Å². The Morgan fingerprint density at radius 2 is 1.21 bits per heavy atom. The SMILES string of the molecule is C=C(c1cc2c(-c3cc(F)cc(CCCN(C)C)c3)cncc2[nH]1)c1cc(-c2cccnc2)ccc1NN(C)CCCc1cc(F)cc(-c2cncc3[nH]c(-c4n[nH]c5ccc(-c6cncc(N(C)C)c6)cc45)cc23)c1.CC. The summed E-state index contributed by atoms with van der Waals surface area (Å²) in [7, 11) is 10.1. The highest BCUT2D eigenvalue weighted by atomic mass is 19.1. The standard InChI is InChI=1S/C62H58F2N12.C2H6/c1-38(58-29-51-54(34-67-36-60(51)69-58)44-20-39(22-47(63)24-44)10-8-18-74(2)3)50-27-41(43-12-7-17-65-31-43)14-16-57(50)73-76(6)19-9-11-40-21-45(25-48(64)23-40)55-35-68-37-61-52(55)30-59(70-61)62-53-28-42(13-15-56(53)71-72-62)46-26-49(75(4)5)33-66-32-46;1-2/h7,12-17,20-37,69-70,73H,1,8-11,18-19H2,2-6H3,(H,71,72);1-2H3. The average Bonchev–Trinajstić information content (AvgIpc) is 4.34. The van der Waals surface area contributed by atoms with Gasteiger partial charge in [0.1, 0.15) is 17.3 Å². The number of anilines is 2. The Hall–Kier alpha value is -8.85. The molecule has 7 aromatic heterocycles. The predicted molar refractivity (Wildman–Crippen MR) is 316 cm³/mol. The molecule has 394 valence electrons. The second-order valence-electron chi connectivity index (χ2n) is 20.0. The van der Waals surface area contributed by atoms with Crippen molar-refractivity contribution in [2.75, 3.05) is 58.7 Å². The highest BCUT2D eigenvalue weighted by molar-refractivity contribution is 6.02. The molecule has 0 saturated heterocycles. The van der Waals surface area contributed by atoms with Gasteiger partial charge in [-0.15, -0.1) is 0 Å². The molecule has 0 unspecified atom stereocenters. The van der Waals surface area contributed by atoms with E-state index in [0.29, 0.717) is 13.0 Å². The Kier molecular flexibility index (Phi) is 15.6. The lowest BCUT2D eigenvalue weighted by atomic mass is 9.96. The zero-order valence-electron chi connectivity index (χ0n) is 45.2. The summed E-state index contributed by atoms with van der Waals surface area (Å²) in [5, 5.41) is 12.8. The molecule has 0 aliphatic heterocycles. The van der Waals surface area contributed by atoms with Crippen LogP contribution in [-0.4, -0.2) is 98.3 Å². The summed E-state index contributed by atoms with van der Waals surface area (Å²) >= 11 is 0. The van der Waals surface area contributed by atoms with Crippen LogP contribution in [0.4, 0.5) is 20.2 Å². The number of aromatic amines is 3. The molecule has 78 heavy (non-hydrogen) atoms. The summed E-state index contributed by atoms with van der Waals surface area (Å²) in [5.74, 6) is -0.574. The van der Waals surface area contributed by atoms with Gasteiger partial charge in [-0.3, -0.25) is 25.0 Å². The normalized spacial score (nSPS) is 11.5. The minimum absolute atomic E-state index is 0.267. The molecule has 11 rings (SSSR count). The molecule has 0 aliphatic carbocycles. The molecule has 0 amide bonds. The Labute approximate surface area is 453 Å². The maximum atomic E-state index is 15.6. The molecule has 4 aromatic carbocycles. The summed E-state index contributed by atoms with van der Waals surface area (Å²) in [6.07, 6.45) is 17.6. The molecular formula is C64H64F2N12. The first-order valence-corrected chi connectivity index (χ1v) is 26.4. The molecule has 0 fully saturated rings. The molecule has 14 heteroatoms. The third kappa shape index (κ3) is 11.5. The molecule has 11 aromatic rings. The fraction of sp³-hybridized carbons (Fsp3) is 0.203. The van der Waals surface area contributed by atoms with Crippen LogP contribution in [-0.2, 0) is 12.8 Å². The van der Waals surface area contributed by atoms with Crippen molar-refractivity contribution in [1.82, 2.24) is 50.0 Å². The van der Waals surface area contributed by atoms with Crippen LogP contribution in [0.2, 0.25) is 0 Å². The number of halogens is 2. The number of aromatic nitrogens is 8. The van der Waals surface area contributed by atoms with Gasteiger partial charge < -0.3 is 25.2 Å². The van der Waals surface area contributed by atoms with E-state index in [1.807, 2.05) is 90.8 Å². The van der Waals surface area contributed by atoms with Gasteiger partial charge in [0, 0.05) is 114 Å². The number of nitrogens with one attached hydrogen (secondary N) is 4. The molecule has 0 radical (unpaired) electrons. The first kappa shape index (κ1) is 52.6. The topological polar surface area (TPSA) is 134 Å². The van der Waals surface area contributed by atoms with Gasteiger partial charge in [-0.25, -0.2) is 13.8 Å². The Bertz CT molecular complexity index is 3910. The largest absolute Gasteiger partial charge is 0.376 e. The van der Waals surface area contributed by atoms with E-state index >= 15 is 8.78 Å². The van der Waals surface area contributed by atoms with Crippen molar-refractivity contribution in [1.29, 1.82) is 0 Å². The summed E-state index contributed by atoms with van der Waals surface area (Å²) in [5.41, 5.74) is 21.2. The van der Waals surface area contributed by atoms with Crippen molar-refractivity contribution in [2.24, 2.45) is 0 Å². The summed E-state index contributed by atoms with van der Waals surface area (Å²) in [6.45, 7) is 10.2. The van der Waals surface area contributed by atoms with Crippen LogP contribution in [0.15, 0.2) is 159 Å². The van der Waals surface area contributed by atoms with E-state index in [-0.39, 0.29) is 11.6 Å². The Morgan fingerprint density at radius 1 is 0.564 bits per heavy atom. The summed E-state index contributed by atoms with van der Waals surface area (Å²) in [6, 6.07) is 33.3. The highest BCUT2D eigenvalue weighted by Gasteiger charge is 2.19. The lowest BCUT2D eigenvalue weighted by molar-refractivity contribution is 0.393. The van der Waals surface area contributed by atoms with Crippen LogP contribution < -0.4 is 10.3 Å². The molecule has 0 atom stereocenters. The number of benzene rings is 4. The van der Waals surface area contributed by atoms with E-state index in [9.17, 15) is 0 Å². The van der Waals surface area contributed by atoms with E-state index in [0.717, 1.165) is 154 Å². The first-order chi connectivity index (χ1) is 37.9. The minimum Gasteiger partial charge on any atom is -0.376 e. The Morgan fingerprint density at radius 3 is 1.88 bits per heavy atom. The molecule has 0 bridgehead atoms. The van der Waals surface area contributed by atoms with Crippen LogP contribution in [0.1, 0.15) is 49.1 Å². The molecule has 7 heterocycles. The molecule has 4 N–H and O–H groups in total. The average molecular weight is 1040 g/mol. The maximum Gasteiger partial charge on any atom is 0.124 e. The quantitative estimate of drug-likeness (QED) is 0.0620. The van der Waals surface area contributed by atoms with E-state index in [4.69, 9.17) is 5.10 Å². The van der Waals surface area contributed by atoms with Crippen molar-refractivity contribution in [3.63, 3.8) is 0 Å². The third-order valence-electron chi connectivity index (χ3n) is 14.0. The van der Waals surface area contributed by atoms with E-state index < -0.39 is 0 Å². The molecule has 0 spiro atoms. The number of H-pyrrole nitrogens is 3. The van der Waals surface area contributed by atoms with Gasteiger partial charge in [0.05, 0.1) is 52.2 Å². The van der Waals surface area contributed by atoms with Crippen LogP contribution in [0.25, 0.3) is 94.2 Å². The number of aryl methyl sites for hydroxylation is 2. The molecule has 0 saturated carbocycles. The first-order valence-electron chi connectivity index (χ1n) is 26.4. The fourth-order valence-electron chi connectivity index (χ4n) is 10.1. The number of rotatable bonds is 18. The highest BCUT2D eigenvalue weighted by Crippen LogP contribution is 2.38. The van der Waals surface area contributed by atoms with Gasteiger partial charge in [0.25, 0.3) is 0 Å². The van der Waals surface area contributed by atoms with Crippen LogP contribution >= 0.6 is 0 Å². The fourth-order valence-corrected chi connectivity index (χ4v) is 10.1. The number of hydrogen-bond acceptors (Lipinski definition) is 9. The predicted octanol–water partition coefficient (Wildman–Crippen LogP) is 14.3. The van der Waals surface area contributed by atoms with Crippen LogP contribution in [0.3, 0.4) is 0 Å². The van der Waals surface area contributed by atoms with Crippen molar-refractivity contribution < 1.29 is 8.78 Å². The van der Waals surface area contributed by atoms with Crippen molar-refractivity contribution in [2.45, 2.75) is 39.5 Å². The number of nitrogens with zero attached hydrogens (tertiary/aromatic N) is 8. The second kappa shape index (κ2) is 23.2. The number of fused-ring (bicyclic) bond motifs is 3. The molecule has 12 nitrogen and oxygen atoms in total.